The van der Waals surface area contributed by atoms with E-state index in [1.54, 1.807) is 0 Å². The summed E-state index contributed by atoms with van der Waals surface area (Å²) in [6, 6.07) is 7.17. The van der Waals surface area contributed by atoms with Crippen molar-refractivity contribution in [3.63, 3.8) is 0 Å². The quantitative estimate of drug-likeness (QED) is 0.891. The highest BCUT2D eigenvalue weighted by Crippen LogP contribution is 2.27. The van der Waals surface area contributed by atoms with E-state index < -0.39 is 0 Å². The van der Waals surface area contributed by atoms with Crippen molar-refractivity contribution in [2.75, 3.05) is 13.6 Å². The zero-order valence-corrected chi connectivity index (χ0v) is 15.3. The van der Waals surface area contributed by atoms with Crippen LogP contribution in [-0.4, -0.2) is 30.4 Å². The summed E-state index contributed by atoms with van der Waals surface area (Å²) in [5.41, 5.74) is 4.21. The minimum atomic E-state index is 0.240. The fourth-order valence-electron chi connectivity index (χ4n) is 4.27. The number of likely N-dealkylation sites (N-methyl/N-ethyl adjacent to an activating group) is 1. The van der Waals surface area contributed by atoms with Crippen LogP contribution >= 0.6 is 0 Å². The molecule has 1 aliphatic carbocycles. The first-order valence-electron chi connectivity index (χ1n) is 9.67. The van der Waals surface area contributed by atoms with Crippen LogP contribution in [0.5, 0.6) is 0 Å². The van der Waals surface area contributed by atoms with Crippen LogP contribution in [0.15, 0.2) is 18.2 Å². The molecule has 1 atom stereocenters. The molecule has 1 amide bonds. The normalized spacial score (nSPS) is 22.2. The van der Waals surface area contributed by atoms with Crippen molar-refractivity contribution >= 4 is 5.91 Å². The second kappa shape index (κ2) is 8.15. The van der Waals surface area contributed by atoms with E-state index in [1.807, 2.05) is 0 Å². The number of nitrogens with zero attached hydrogens (tertiary/aromatic N) is 1. The van der Waals surface area contributed by atoms with E-state index in [1.165, 1.54) is 48.8 Å². The molecule has 0 spiro atoms. The Morgan fingerprint density at radius 3 is 2.79 bits per heavy atom. The van der Waals surface area contributed by atoms with Gasteiger partial charge in [-0.2, -0.15) is 0 Å². The largest absolute Gasteiger partial charge is 0.355 e. The maximum absolute atomic E-state index is 12.2. The summed E-state index contributed by atoms with van der Waals surface area (Å²) < 4.78 is 0. The van der Waals surface area contributed by atoms with Crippen LogP contribution in [0, 0.1) is 12.8 Å². The van der Waals surface area contributed by atoms with E-state index in [4.69, 9.17) is 0 Å². The molecular weight excluding hydrogens is 296 g/mol. The number of carbonyl (C=O) groups excluding carboxylic acids is 1. The zero-order valence-electron chi connectivity index (χ0n) is 15.3. The Balaban J connectivity index is 1.44. The van der Waals surface area contributed by atoms with E-state index in [9.17, 15) is 4.79 Å². The third kappa shape index (κ3) is 4.60. The van der Waals surface area contributed by atoms with Crippen molar-refractivity contribution in [1.29, 1.82) is 0 Å². The number of aryl methyl sites for hydroxylation is 1. The Bertz CT molecular complexity index is 563. The van der Waals surface area contributed by atoms with Gasteiger partial charge in [-0.15, -0.1) is 0 Å². The van der Waals surface area contributed by atoms with Gasteiger partial charge < -0.3 is 5.32 Å². The van der Waals surface area contributed by atoms with Crippen molar-refractivity contribution in [2.45, 2.75) is 70.9 Å². The van der Waals surface area contributed by atoms with Gasteiger partial charge in [0.05, 0.1) is 0 Å². The highest BCUT2D eigenvalue weighted by atomic mass is 16.1. The summed E-state index contributed by atoms with van der Waals surface area (Å²) in [6.07, 6.45) is 9.58. The number of amides is 1. The van der Waals surface area contributed by atoms with Crippen LogP contribution in [0.2, 0.25) is 0 Å². The summed E-state index contributed by atoms with van der Waals surface area (Å²) in [5, 5.41) is 3.19. The molecule has 24 heavy (non-hydrogen) atoms. The first-order valence-corrected chi connectivity index (χ1v) is 9.67. The first-order chi connectivity index (χ1) is 11.6. The molecule has 1 heterocycles. The lowest BCUT2D eigenvalue weighted by molar-refractivity contribution is -0.121. The van der Waals surface area contributed by atoms with Crippen LogP contribution < -0.4 is 5.32 Å². The van der Waals surface area contributed by atoms with E-state index in [2.05, 4.69) is 42.4 Å². The smallest absolute Gasteiger partial charge is 0.220 e. The fourth-order valence-corrected chi connectivity index (χ4v) is 4.27. The topological polar surface area (TPSA) is 32.3 Å². The number of nitrogens with one attached hydrogen (secondary N) is 1. The van der Waals surface area contributed by atoms with Crippen molar-refractivity contribution in [1.82, 2.24) is 10.2 Å². The van der Waals surface area contributed by atoms with Gasteiger partial charge in [0.2, 0.25) is 5.91 Å². The van der Waals surface area contributed by atoms with Gasteiger partial charge in [0.25, 0.3) is 0 Å². The summed E-state index contributed by atoms with van der Waals surface area (Å²) >= 11 is 0. The van der Waals surface area contributed by atoms with Crippen LogP contribution in [0.4, 0.5) is 0 Å². The monoisotopic (exact) mass is 328 g/mol. The summed E-state index contributed by atoms with van der Waals surface area (Å²) in [6.45, 7) is 3.91. The molecule has 0 aromatic heterocycles. The molecule has 3 rings (SSSR count). The number of rotatable bonds is 5. The molecule has 1 saturated carbocycles. The van der Waals surface area contributed by atoms with Crippen LogP contribution in [0.25, 0.3) is 0 Å². The van der Waals surface area contributed by atoms with Crippen LogP contribution in [-0.2, 0) is 17.8 Å². The lowest BCUT2D eigenvalue weighted by Gasteiger charge is -2.34. The molecule has 1 aliphatic heterocycles. The van der Waals surface area contributed by atoms with Gasteiger partial charge >= 0.3 is 0 Å². The molecule has 2 aliphatic rings. The first kappa shape index (κ1) is 17.5. The minimum absolute atomic E-state index is 0.240. The minimum Gasteiger partial charge on any atom is -0.355 e. The Morgan fingerprint density at radius 1 is 1.21 bits per heavy atom. The standard InChI is InChI=1S/C21H32N2O/c1-16-8-10-18-15-23(2)20(13-19(18)12-16)14-22-21(24)11-9-17-6-4-3-5-7-17/h8,10,12,17,20H,3-7,9,11,13-15H2,1-2H3,(H,22,24)/t20-/m1/s1. The predicted octanol–water partition coefficient (Wildman–Crippen LogP) is 3.83. The molecule has 1 aromatic carbocycles. The van der Waals surface area contributed by atoms with Gasteiger partial charge in [0.1, 0.15) is 0 Å². The van der Waals surface area contributed by atoms with Gasteiger partial charge in [-0.3, -0.25) is 9.69 Å². The number of hydrogen-bond acceptors (Lipinski definition) is 2. The van der Waals surface area contributed by atoms with Gasteiger partial charge in [-0.25, -0.2) is 0 Å². The second-order valence-electron chi connectivity index (χ2n) is 7.89. The average molecular weight is 329 g/mol. The molecule has 0 saturated heterocycles. The SMILES string of the molecule is Cc1ccc2c(c1)C[C@H](CNC(=O)CCC1CCCCC1)N(C)C2. The Labute approximate surface area is 146 Å². The molecule has 132 valence electrons. The molecule has 1 fully saturated rings. The van der Waals surface area contributed by atoms with Crippen LogP contribution in [0.3, 0.4) is 0 Å². The van der Waals surface area contributed by atoms with E-state index in [0.717, 1.165) is 31.8 Å². The molecular formula is C21H32N2O. The maximum Gasteiger partial charge on any atom is 0.220 e. The molecule has 1 aromatic rings. The summed E-state index contributed by atoms with van der Waals surface area (Å²) in [4.78, 5) is 14.6. The van der Waals surface area contributed by atoms with Crippen molar-refractivity contribution in [2.24, 2.45) is 5.92 Å². The third-order valence-electron chi connectivity index (χ3n) is 5.90. The van der Waals surface area contributed by atoms with E-state index >= 15 is 0 Å². The fraction of sp³-hybridized carbons (Fsp3) is 0.667. The third-order valence-corrected chi connectivity index (χ3v) is 5.90. The number of hydrogen-bond donors (Lipinski definition) is 1. The second-order valence-corrected chi connectivity index (χ2v) is 7.89. The number of fused-ring (bicyclic) bond motifs is 1. The highest BCUT2D eigenvalue weighted by molar-refractivity contribution is 5.75. The molecule has 0 radical (unpaired) electrons. The summed E-state index contributed by atoms with van der Waals surface area (Å²) in [5.74, 6) is 1.03. The highest BCUT2D eigenvalue weighted by Gasteiger charge is 2.24. The molecule has 0 bridgehead atoms. The lowest BCUT2D eigenvalue weighted by Crippen LogP contribution is -2.45. The van der Waals surface area contributed by atoms with Gasteiger partial charge in [0, 0.05) is 25.6 Å². The number of carbonyl (C=O) groups is 1. The molecule has 3 heteroatoms. The Kier molecular flexibility index (Phi) is 5.94. The van der Waals surface area contributed by atoms with Crippen molar-refractivity contribution in [3.05, 3.63) is 34.9 Å². The molecule has 1 N–H and O–H groups in total. The number of benzene rings is 1. The van der Waals surface area contributed by atoms with Crippen LogP contribution in [0.1, 0.15) is 61.6 Å². The molecule has 3 nitrogen and oxygen atoms in total. The summed E-state index contributed by atoms with van der Waals surface area (Å²) in [7, 11) is 2.17. The van der Waals surface area contributed by atoms with Crippen molar-refractivity contribution in [3.8, 4) is 0 Å². The Hall–Kier alpha value is -1.35. The van der Waals surface area contributed by atoms with Gasteiger partial charge in [-0.05, 0) is 43.9 Å². The zero-order chi connectivity index (χ0) is 16.9. The van der Waals surface area contributed by atoms with Gasteiger partial charge in [-0.1, -0.05) is 55.9 Å². The molecule has 0 unspecified atom stereocenters. The van der Waals surface area contributed by atoms with Gasteiger partial charge in [0.15, 0.2) is 0 Å². The van der Waals surface area contributed by atoms with E-state index in [-0.39, 0.29) is 5.91 Å². The van der Waals surface area contributed by atoms with E-state index in [0.29, 0.717) is 12.5 Å². The Morgan fingerprint density at radius 2 is 2.00 bits per heavy atom. The average Bonchev–Trinajstić information content (AvgIpc) is 2.59. The lowest BCUT2D eigenvalue weighted by atomic mass is 9.86. The predicted molar refractivity (Wildman–Crippen MR) is 99.0 cm³/mol. The van der Waals surface area contributed by atoms with Crippen molar-refractivity contribution < 1.29 is 4.79 Å². The maximum atomic E-state index is 12.2.